The highest BCUT2D eigenvalue weighted by Gasteiger charge is 2.02. The number of thioether (sulfide) groups is 1. The second-order valence-corrected chi connectivity index (χ2v) is 5.15. The minimum Gasteiger partial charge on any atom is -0.478 e. The standard InChI is InChI=1S/C15H14O2S/c1-11-2-8-14(9-3-11)18-10-12-4-6-13(7-5-12)15(16)17/h2-9H,10H2,1H3,(H,16,17). The van der Waals surface area contributed by atoms with E-state index in [0.29, 0.717) is 5.56 Å². The van der Waals surface area contributed by atoms with Crippen molar-refractivity contribution >= 4 is 17.7 Å². The first-order chi connectivity index (χ1) is 8.65. The molecule has 0 fully saturated rings. The molecule has 0 radical (unpaired) electrons. The normalized spacial score (nSPS) is 10.3. The third-order valence-electron chi connectivity index (χ3n) is 2.63. The zero-order chi connectivity index (χ0) is 13.0. The lowest BCUT2D eigenvalue weighted by Crippen LogP contribution is -1.95. The molecule has 0 atom stereocenters. The predicted molar refractivity (Wildman–Crippen MR) is 74.1 cm³/mol. The van der Waals surface area contributed by atoms with Crippen LogP contribution in [0.4, 0.5) is 0 Å². The highest BCUT2D eigenvalue weighted by Crippen LogP contribution is 2.23. The molecule has 92 valence electrons. The Bertz CT molecular complexity index is 529. The molecule has 0 spiro atoms. The van der Waals surface area contributed by atoms with Crippen LogP contribution >= 0.6 is 11.8 Å². The highest BCUT2D eigenvalue weighted by atomic mass is 32.2. The van der Waals surface area contributed by atoms with E-state index in [1.54, 1.807) is 23.9 Å². The fourth-order valence-corrected chi connectivity index (χ4v) is 2.40. The number of aryl methyl sites for hydroxylation is 1. The fraction of sp³-hybridized carbons (Fsp3) is 0.133. The van der Waals surface area contributed by atoms with E-state index in [9.17, 15) is 4.79 Å². The van der Waals surface area contributed by atoms with Crippen molar-refractivity contribution < 1.29 is 9.90 Å². The van der Waals surface area contributed by atoms with Crippen molar-refractivity contribution in [2.24, 2.45) is 0 Å². The number of aromatic carboxylic acids is 1. The zero-order valence-corrected chi connectivity index (χ0v) is 10.9. The van der Waals surface area contributed by atoms with Gasteiger partial charge in [0, 0.05) is 10.6 Å². The molecule has 0 saturated heterocycles. The SMILES string of the molecule is Cc1ccc(SCc2ccc(C(=O)O)cc2)cc1. The number of benzene rings is 2. The first-order valence-electron chi connectivity index (χ1n) is 5.67. The van der Waals surface area contributed by atoms with Crippen LogP contribution in [-0.2, 0) is 5.75 Å². The lowest BCUT2D eigenvalue weighted by Gasteiger charge is -2.03. The summed E-state index contributed by atoms with van der Waals surface area (Å²) in [6, 6.07) is 15.4. The van der Waals surface area contributed by atoms with Crippen molar-refractivity contribution in [3.05, 3.63) is 65.2 Å². The minimum absolute atomic E-state index is 0.332. The Morgan fingerprint density at radius 2 is 1.67 bits per heavy atom. The van der Waals surface area contributed by atoms with E-state index >= 15 is 0 Å². The van der Waals surface area contributed by atoms with Crippen molar-refractivity contribution in [2.75, 3.05) is 0 Å². The molecule has 0 bridgehead atoms. The third kappa shape index (κ3) is 3.37. The Kier molecular flexibility index (Phi) is 4.05. The van der Waals surface area contributed by atoms with Crippen LogP contribution in [0.25, 0.3) is 0 Å². The summed E-state index contributed by atoms with van der Waals surface area (Å²) in [5, 5.41) is 8.80. The molecule has 0 aliphatic carbocycles. The number of carbonyl (C=O) groups is 1. The summed E-state index contributed by atoms with van der Waals surface area (Å²) in [5.41, 5.74) is 2.72. The first kappa shape index (κ1) is 12.7. The largest absolute Gasteiger partial charge is 0.478 e. The highest BCUT2D eigenvalue weighted by molar-refractivity contribution is 7.98. The maximum Gasteiger partial charge on any atom is 0.335 e. The van der Waals surface area contributed by atoms with Gasteiger partial charge < -0.3 is 5.11 Å². The van der Waals surface area contributed by atoms with Gasteiger partial charge in [-0.25, -0.2) is 4.79 Å². The smallest absolute Gasteiger partial charge is 0.335 e. The molecule has 0 heterocycles. The van der Waals surface area contributed by atoms with Gasteiger partial charge in [-0.15, -0.1) is 11.8 Å². The van der Waals surface area contributed by atoms with Crippen molar-refractivity contribution in [3.63, 3.8) is 0 Å². The molecular weight excluding hydrogens is 244 g/mol. The summed E-state index contributed by atoms with van der Waals surface area (Å²) in [6.07, 6.45) is 0. The molecule has 0 amide bonds. The van der Waals surface area contributed by atoms with Gasteiger partial charge in [0.2, 0.25) is 0 Å². The van der Waals surface area contributed by atoms with Crippen LogP contribution in [0.15, 0.2) is 53.4 Å². The van der Waals surface area contributed by atoms with Crippen LogP contribution in [0.5, 0.6) is 0 Å². The minimum atomic E-state index is -0.882. The molecule has 0 aliphatic rings. The van der Waals surface area contributed by atoms with E-state index in [4.69, 9.17) is 5.11 Å². The van der Waals surface area contributed by atoms with Gasteiger partial charge in [0.05, 0.1) is 5.56 Å². The summed E-state index contributed by atoms with van der Waals surface area (Å²) in [4.78, 5) is 11.9. The number of rotatable bonds is 4. The molecule has 0 aliphatic heterocycles. The first-order valence-corrected chi connectivity index (χ1v) is 6.65. The number of carboxylic acids is 1. The van der Waals surface area contributed by atoms with Gasteiger partial charge in [-0.3, -0.25) is 0 Å². The molecule has 0 aromatic heterocycles. The van der Waals surface area contributed by atoms with E-state index < -0.39 is 5.97 Å². The summed E-state index contributed by atoms with van der Waals surface area (Å²) in [6.45, 7) is 2.07. The predicted octanol–water partition coefficient (Wildman–Crippen LogP) is 3.99. The number of hydrogen-bond acceptors (Lipinski definition) is 2. The van der Waals surface area contributed by atoms with Gasteiger partial charge in [0.25, 0.3) is 0 Å². The molecular formula is C15H14O2S. The molecule has 1 N–H and O–H groups in total. The Labute approximate surface area is 111 Å². The molecule has 2 nitrogen and oxygen atoms in total. The van der Waals surface area contributed by atoms with E-state index in [0.717, 1.165) is 11.3 Å². The molecule has 0 saturated carbocycles. The van der Waals surface area contributed by atoms with Crippen LogP contribution in [0.2, 0.25) is 0 Å². The quantitative estimate of drug-likeness (QED) is 0.843. The van der Waals surface area contributed by atoms with Crippen LogP contribution in [-0.4, -0.2) is 11.1 Å². The molecule has 2 rings (SSSR count). The maximum absolute atomic E-state index is 10.7. The molecule has 0 unspecified atom stereocenters. The van der Waals surface area contributed by atoms with Gasteiger partial charge in [0.15, 0.2) is 0 Å². The lowest BCUT2D eigenvalue weighted by atomic mass is 10.1. The maximum atomic E-state index is 10.7. The molecule has 2 aromatic rings. The average Bonchev–Trinajstić information content (AvgIpc) is 2.38. The zero-order valence-electron chi connectivity index (χ0n) is 10.1. The fourth-order valence-electron chi connectivity index (χ4n) is 1.54. The molecule has 3 heteroatoms. The van der Waals surface area contributed by atoms with Crippen LogP contribution in [0.3, 0.4) is 0 Å². The van der Waals surface area contributed by atoms with Gasteiger partial charge in [0.1, 0.15) is 0 Å². The van der Waals surface area contributed by atoms with Gasteiger partial charge in [-0.1, -0.05) is 29.8 Å². The number of hydrogen-bond donors (Lipinski definition) is 1. The van der Waals surface area contributed by atoms with Crippen LogP contribution in [0, 0.1) is 6.92 Å². The second-order valence-electron chi connectivity index (χ2n) is 4.10. The van der Waals surface area contributed by atoms with Gasteiger partial charge >= 0.3 is 5.97 Å². The Morgan fingerprint density at radius 3 is 2.22 bits per heavy atom. The summed E-state index contributed by atoms with van der Waals surface area (Å²) >= 11 is 1.75. The van der Waals surface area contributed by atoms with E-state index in [1.165, 1.54) is 10.5 Å². The third-order valence-corrected chi connectivity index (χ3v) is 3.71. The van der Waals surface area contributed by atoms with Crippen molar-refractivity contribution in [1.29, 1.82) is 0 Å². The summed E-state index contributed by atoms with van der Waals surface area (Å²) in [7, 11) is 0. The van der Waals surface area contributed by atoms with E-state index in [-0.39, 0.29) is 0 Å². The number of carboxylic acid groups (broad SMARTS) is 1. The molecule has 2 aromatic carbocycles. The van der Waals surface area contributed by atoms with Crippen LogP contribution in [0.1, 0.15) is 21.5 Å². The van der Waals surface area contributed by atoms with Crippen molar-refractivity contribution in [1.82, 2.24) is 0 Å². The Hall–Kier alpha value is -1.74. The molecule has 18 heavy (non-hydrogen) atoms. The van der Waals surface area contributed by atoms with Crippen molar-refractivity contribution in [3.8, 4) is 0 Å². The van der Waals surface area contributed by atoms with Crippen molar-refractivity contribution in [2.45, 2.75) is 17.6 Å². The van der Waals surface area contributed by atoms with Gasteiger partial charge in [-0.2, -0.15) is 0 Å². The van der Waals surface area contributed by atoms with Crippen LogP contribution < -0.4 is 0 Å². The van der Waals surface area contributed by atoms with E-state index in [1.807, 2.05) is 12.1 Å². The monoisotopic (exact) mass is 258 g/mol. The second kappa shape index (κ2) is 5.74. The lowest BCUT2D eigenvalue weighted by molar-refractivity contribution is 0.0697. The summed E-state index contributed by atoms with van der Waals surface area (Å²) in [5.74, 6) is -0.0316. The topological polar surface area (TPSA) is 37.3 Å². The summed E-state index contributed by atoms with van der Waals surface area (Å²) < 4.78 is 0. The Balaban J connectivity index is 1.97. The average molecular weight is 258 g/mol. The van der Waals surface area contributed by atoms with E-state index in [2.05, 4.69) is 31.2 Å². The van der Waals surface area contributed by atoms with Gasteiger partial charge in [-0.05, 0) is 36.8 Å². The Morgan fingerprint density at radius 1 is 1.06 bits per heavy atom.